The van der Waals surface area contributed by atoms with Crippen molar-refractivity contribution in [3.63, 3.8) is 0 Å². The molecule has 0 aromatic rings. The molecular formula is C9H16O. The summed E-state index contributed by atoms with van der Waals surface area (Å²) >= 11 is 0. The van der Waals surface area contributed by atoms with Gasteiger partial charge in [0, 0.05) is 7.11 Å². The van der Waals surface area contributed by atoms with Gasteiger partial charge < -0.3 is 4.74 Å². The van der Waals surface area contributed by atoms with E-state index in [0.717, 1.165) is 13.0 Å². The van der Waals surface area contributed by atoms with Crippen LogP contribution in [0.2, 0.25) is 0 Å². The highest BCUT2D eigenvalue weighted by Crippen LogP contribution is 2.02. The van der Waals surface area contributed by atoms with Crippen molar-refractivity contribution >= 4 is 0 Å². The number of hydrogen-bond acceptors (Lipinski definition) is 1. The lowest BCUT2D eigenvalue weighted by atomic mass is 10.2. The Kier molecular flexibility index (Phi) is 6.19. The molecule has 0 aromatic heterocycles. The van der Waals surface area contributed by atoms with Crippen molar-refractivity contribution < 1.29 is 4.74 Å². The number of ether oxygens (including phenoxy) is 1. The highest BCUT2D eigenvalue weighted by atomic mass is 16.5. The van der Waals surface area contributed by atoms with Gasteiger partial charge in [0.25, 0.3) is 0 Å². The molecule has 0 bridgehead atoms. The van der Waals surface area contributed by atoms with Crippen LogP contribution in [0.1, 0.15) is 20.3 Å². The zero-order valence-corrected chi connectivity index (χ0v) is 7.05. The fourth-order valence-electron chi connectivity index (χ4n) is 0.758. The molecule has 0 fully saturated rings. The minimum absolute atomic E-state index is 0.810. The van der Waals surface area contributed by atoms with Gasteiger partial charge >= 0.3 is 0 Å². The summed E-state index contributed by atoms with van der Waals surface area (Å²) in [6.07, 6.45) is 7.28. The Bertz CT molecular complexity index is 123. The Morgan fingerprint density at radius 3 is 2.50 bits per heavy atom. The Morgan fingerprint density at radius 2 is 2.10 bits per heavy atom. The normalized spacial score (nSPS) is 12.9. The van der Waals surface area contributed by atoms with Gasteiger partial charge in [0.05, 0.1) is 6.61 Å². The molecule has 0 aliphatic rings. The molecule has 0 heterocycles. The van der Waals surface area contributed by atoms with E-state index >= 15 is 0 Å². The van der Waals surface area contributed by atoms with Gasteiger partial charge in [-0.3, -0.25) is 0 Å². The molecule has 0 saturated heterocycles. The Labute approximate surface area is 63.4 Å². The molecule has 0 atom stereocenters. The molecule has 0 aliphatic heterocycles. The lowest BCUT2D eigenvalue weighted by Gasteiger charge is -1.98. The molecule has 0 spiro atoms. The monoisotopic (exact) mass is 140 g/mol. The van der Waals surface area contributed by atoms with E-state index in [4.69, 9.17) is 4.74 Å². The summed E-state index contributed by atoms with van der Waals surface area (Å²) in [5, 5.41) is 0. The van der Waals surface area contributed by atoms with Gasteiger partial charge in [-0.15, -0.1) is 0 Å². The highest BCUT2D eigenvalue weighted by Gasteiger charge is 1.87. The second-order valence-electron chi connectivity index (χ2n) is 2.11. The maximum absolute atomic E-state index is 4.95. The molecule has 58 valence electrons. The standard InChI is InChI=1S/C9H16O/c1-4-6-9(5-2)7-8-10-3/h4-6H,7-8H2,1-3H3/b6-4-,9-5+. The third-order valence-electron chi connectivity index (χ3n) is 1.35. The second kappa shape index (κ2) is 6.56. The minimum atomic E-state index is 0.810. The summed E-state index contributed by atoms with van der Waals surface area (Å²) in [4.78, 5) is 0. The largest absolute Gasteiger partial charge is 0.384 e. The van der Waals surface area contributed by atoms with Crippen molar-refractivity contribution in [2.75, 3.05) is 13.7 Å². The van der Waals surface area contributed by atoms with Crippen molar-refractivity contribution in [1.82, 2.24) is 0 Å². The molecule has 0 unspecified atom stereocenters. The lowest BCUT2D eigenvalue weighted by molar-refractivity contribution is 0.203. The first-order valence-electron chi connectivity index (χ1n) is 3.62. The average molecular weight is 140 g/mol. The van der Waals surface area contributed by atoms with Crippen LogP contribution in [0.5, 0.6) is 0 Å². The molecule has 0 N–H and O–H groups in total. The van der Waals surface area contributed by atoms with Crippen molar-refractivity contribution in [1.29, 1.82) is 0 Å². The molecule has 0 aliphatic carbocycles. The van der Waals surface area contributed by atoms with E-state index in [1.807, 2.05) is 19.9 Å². The van der Waals surface area contributed by atoms with Crippen molar-refractivity contribution in [3.05, 3.63) is 23.8 Å². The molecule has 0 amide bonds. The van der Waals surface area contributed by atoms with Crippen LogP contribution in [-0.2, 0) is 4.74 Å². The summed E-state index contributed by atoms with van der Waals surface area (Å²) in [7, 11) is 1.73. The van der Waals surface area contributed by atoms with E-state index in [1.54, 1.807) is 7.11 Å². The molecule has 0 saturated carbocycles. The Hall–Kier alpha value is -0.560. The maximum atomic E-state index is 4.95. The number of rotatable bonds is 4. The summed E-state index contributed by atoms with van der Waals surface area (Å²) in [6, 6.07) is 0. The Balaban J connectivity index is 3.62. The minimum Gasteiger partial charge on any atom is -0.384 e. The number of hydrogen-bond donors (Lipinski definition) is 0. The van der Waals surface area contributed by atoms with Gasteiger partial charge in [0.2, 0.25) is 0 Å². The fraction of sp³-hybridized carbons (Fsp3) is 0.556. The first-order chi connectivity index (χ1) is 4.85. The predicted octanol–water partition coefficient (Wildman–Crippen LogP) is 2.55. The van der Waals surface area contributed by atoms with Crippen molar-refractivity contribution in [2.45, 2.75) is 20.3 Å². The van der Waals surface area contributed by atoms with Gasteiger partial charge in [-0.2, -0.15) is 0 Å². The van der Waals surface area contributed by atoms with Crippen LogP contribution >= 0.6 is 0 Å². The molecule has 1 heteroatoms. The topological polar surface area (TPSA) is 9.23 Å². The second-order valence-corrected chi connectivity index (χ2v) is 2.11. The Morgan fingerprint density at radius 1 is 1.40 bits per heavy atom. The quantitative estimate of drug-likeness (QED) is 0.545. The summed E-state index contributed by atoms with van der Waals surface area (Å²) in [5.41, 5.74) is 1.34. The molecule has 0 aromatic carbocycles. The van der Waals surface area contributed by atoms with E-state index in [1.165, 1.54) is 5.57 Å². The van der Waals surface area contributed by atoms with Crippen LogP contribution in [0.25, 0.3) is 0 Å². The summed E-state index contributed by atoms with van der Waals surface area (Å²) in [5.74, 6) is 0. The summed E-state index contributed by atoms with van der Waals surface area (Å²) in [6.45, 7) is 4.88. The van der Waals surface area contributed by atoms with Gasteiger partial charge in [0.15, 0.2) is 0 Å². The molecule has 10 heavy (non-hydrogen) atoms. The average Bonchev–Trinajstić information content (AvgIpc) is 1.98. The lowest BCUT2D eigenvalue weighted by Crippen LogP contribution is -1.89. The molecule has 1 nitrogen and oxygen atoms in total. The number of methoxy groups -OCH3 is 1. The molecule has 0 radical (unpaired) electrons. The smallest absolute Gasteiger partial charge is 0.0502 e. The van der Waals surface area contributed by atoms with E-state index in [0.29, 0.717) is 0 Å². The molecular weight excluding hydrogens is 124 g/mol. The van der Waals surface area contributed by atoms with Gasteiger partial charge in [-0.05, 0) is 20.3 Å². The fourth-order valence-corrected chi connectivity index (χ4v) is 0.758. The van der Waals surface area contributed by atoms with Crippen molar-refractivity contribution in [2.24, 2.45) is 0 Å². The van der Waals surface area contributed by atoms with Crippen LogP contribution in [-0.4, -0.2) is 13.7 Å². The van der Waals surface area contributed by atoms with Crippen LogP contribution in [0, 0.1) is 0 Å². The van der Waals surface area contributed by atoms with Crippen LogP contribution in [0.15, 0.2) is 23.8 Å². The van der Waals surface area contributed by atoms with Crippen LogP contribution < -0.4 is 0 Å². The zero-order valence-electron chi connectivity index (χ0n) is 7.05. The highest BCUT2D eigenvalue weighted by molar-refractivity contribution is 5.16. The number of allylic oxidation sites excluding steroid dienone is 3. The maximum Gasteiger partial charge on any atom is 0.0502 e. The predicted molar refractivity (Wildman–Crippen MR) is 45.1 cm³/mol. The van der Waals surface area contributed by atoms with E-state index in [9.17, 15) is 0 Å². The van der Waals surface area contributed by atoms with E-state index in [2.05, 4.69) is 12.2 Å². The van der Waals surface area contributed by atoms with Gasteiger partial charge in [-0.25, -0.2) is 0 Å². The van der Waals surface area contributed by atoms with Gasteiger partial charge in [-0.1, -0.05) is 23.8 Å². The van der Waals surface area contributed by atoms with Gasteiger partial charge in [0.1, 0.15) is 0 Å². The first-order valence-corrected chi connectivity index (χ1v) is 3.62. The van der Waals surface area contributed by atoms with Crippen molar-refractivity contribution in [3.8, 4) is 0 Å². The first kappa shape index (κ1) is 9.44. The SMILES string of the molecule is C/C=C\C(=C/C)CCOC. The third kappa shape index (κ3) is 4.33. The third-order valence-corrected chi connectivity index (χ3v) is 1.35. The van der Waals surface area contributed by atoms with Crippen LogP contribution in [0.3, 0.4) is 0 Å². The van der Waals surface area contributed by atoms with Crippen LogP contribution in [0.4, 0.5) is 0 Å². The van der Waals surface area contributed by atoms with E-state index in [-0.39, 0.29) is 0 Å². The molecule has 0 rings (SSSR count). The zero-order chi connectivity index (χ0) is 7.82. The summed E-state index contributed by atoms with van der Waals surface area (Å²) < 4.78 is 4.95. The van der Waals surface area contributed by atoms with E-state index < -0.39 is 0 Å².